The number of anilines is 1. The number of aryl methyl sites for hydroxylation is 1. The quantitative estimate of drug-likeness (QED) is 0.845. The molecule has 5 nitrogen and oxygen atoms in total. The maximum absolute atomic E-state index is 11.9. The van der Waals surface area contributed by atoms with Crippen LogP contribution in [0.2, 0.25) is 5.02 Å². The van der Waals surface area contributed by atoms with E-state index in [1.807, 2.05) is 26.8 Å². The van der Waals surface area contributed by atoms with Gasteiger partial charge < -0.3 is 10.6 Å². The average molecular weight is 312 g/mol. The molecule has 0 saturated heterocycles. The highest BCUT2D eigenvalue weighted by Crippen LogP contribution is 2.19. The number of hydrogen-bond donors (Lipinski definition) is 2. The van der Waals surface area contributed by atoms with Crippen LogP contribution in [-0.4, -0.2) is 42.9 Å². The van der Waals surface area contributed by atoms with Crippen LogP contribution in [-0.2, 0) is 9.59 Å². The number of carbonyl (C=O) groups is 2. The number of hydrogen-bond acceptors (Lipinski definition) is 3. The van der Waals surface area contributed by atoms with Crippen LogP contribution in [0.3, 0.4) is 0 Å². The monoisotopic (exact) mass is 311 g/mol. The fraction of sp³-hybridized carbons (Fsp3) is 0.467. The van der Waals surface area contributed by atoms with Gasteiger partial charge in [-0.05, 0) is 45.5 Å². The molecule has 2 amide bonds. The van der Waals surface area contributed by atoms with Gasteiger partial charge in [0.15, 0.2) is 0 Å². The summed E-state index contributed by atoms with van der Waals surface area (Å²) in [6, 6.07) is 5.44. The van der Waals surface area contributed by atoms with E-state index in [0.717, 1.165) is 5.56 Å². The van der Waals surface area contributed by atoms with Crippen molar-refractivity contribution in [2.24, 2.45) is 0 Å². The molecule has 0 fully saturated rings. The van der Waals surface area contributed by atoms with Crippen LogP contribution in [0.25, 0.3) is 0 Å². The van der Waals surface area contributed by atoms with Gasteiger partial charge in [-0.15, -0.1) is 0 Å². The molecule has 116 valence electrons. The van der Waals surface area contributed by atoms with Gasteiger partial charge in [0.05, 0.1) is 13.1 Å². The van der Waals surface area contributed by atoms with E-state index in [4.69, 9.17) is 11.6 Å². The highest BCUT2D eigenvalue weighted by Gasteiger charge is 2.11. The molecular weight excluding hydrogens is 290 g/mol. The lowest BCUT2D eigenvalue weighted by Gasteiger charge is -2.17. The van der Waals surface area contributed by atoms with Crippen molar-refractivity contribution in [3.8, 4) is 0 Å². The van der Waals surface area contributed by atoms with Crippen molar-refractivity contribution in [3.05, 3.63) is 28.8 Å². The maximum Gasteiger partial charge on any atom is 0.238 e. The Labute approximate surface area is 130 Å². The first kappa shape index (κ1) is 17.5. The largest absolute Gasteiger partial charge is 0.353 e. The van der Waals surface area contributed by atoms with Crippen LogP contribution in [0.4, 0.5) is 5.69 Å². The number of amides is 2. The standard InChI is InChI=1S/C15H22ClN3O2/c1-10(2)17-14(20)8-19(4)9-15(21)18-12-6-5-11(3)13(16)7-12/h5-7,10H,8-9H2,1-4H3,(H,17,20)(H,18,21). The summed E-state index contributed by atoms with van der Waals surface area (Å²) in [5.74, 6) is -0.284. The molecule has 1 rings (SSSR count). The van der Waals surface area contributed by atoms with Gasteiger partial charge in [0, 0.05) is 16.8 Å². The molecule has 0 aliphatic rings. The zero-order chi connectivity index (χ0) is 16.0. The SMILES string of the molecule is Cc1ccc(NC(=O)CN(C)CC(=O)NC(C)C)cc1Cl. The van der Waals surface area contributed by atoms with Gasteiger partial charge in [0.25, 0.3) is 0 Å². The number of nitrogens with zero attached hydrogens (tertiary/aromatic N) is 1. The minimum absolute atomic E-state index is 0.0921. The lowest BCUT2D eigenvalue weighted by molar-refractivity contribution is -0.123. The molecule has 1 aromatic carbocycles. The number of rotatable bonds is 6. The summed E-state index contributed by atoms with van der Waals surface area (Å²) in [7, 11) is 1.72. The topological polar surface area (TPSA) is 61.4 Å². The van der Waals surface area contributed by atoms with Gasteiger partial charge >= 0.3 is 0 Å². The van der Waals surface area contributed by atoms with Crippen molar-refractivity contribution in [1.29, 1.82) is 0 Å². The Kier molecular flexibility index (Phi) is 6.65. The number of likely N-dealkylation sites (N-methyl/N-ethyl adjacent to an activating group) is 1. The van der Waals surface area contributed by atoms with E-state index >= 15 is 0 Å². The van der Waals surface area contributed by atoms with Crippen LogP contribution >= 0.6 is 11.6 Å². The molecule has 6 heteroatoms. The molecule has 0 spiro atoms. The van der Waals surface area contributed by atoms with Gasteiger partial charge in [0.2, 0.25) is 11.8 Å². The van der Waals surface area contributed by atoms with E-state index in [1.165, 1.54) is 0 Å². The van der Waals surface area contributed by atoms with Gasteiger partial charge in [0.1, 0.15) is 0 Å². The van der Waals surface area contributed by atoms with Crippen molar-refractivity contribution >= 4 is 29.1 Å². The number of benzene rings is 1. The summed E-state index contributed by atoms with van der Waals surface area (Å²) in [6.45, 7) is 6.00. The molecule has 0 aliphatic carbocycles. The second kappa shape index (κ2) is 8.00. The molecule has 0 bridgehead atoms. The van der Waals surface area contributed by atoms with Crippen LogP contribution < -0.4 is 10.6 Å². The van der Waals surface area contributed by atoms with Crippen LogP contribution in [0, 0.1) is 6.92 Å². The fourth-order valence-electron chi connectivity index (χ4n) is 1.78. The third kappa shape index (κ3) is 6.60. The summed E-state index contributed by atoms with van der Waals surface area (Å²) < 4.78 is 0. The molecule has 2 N–H and O–H groups in total. The maximum atomic E-state index is 11.9. The van der Waals surface area contributed by atoms with E-state index in [0.29, 0.717) is 10.7 Å². The smallest absolute Gasteiger partial charge is 0.238 e. The first-order chi connectivity index (χ1) is 9.77. The van der Waals surface area contributed by atoms with Crippen molar-refractivity contribution in [2.45, 2.75) is 26.8 Å². The van der Waals surface area contributed by atoms with Crippen LogP contribution in [0.1, 0.15) is 19.4 Å². The van der Waals surface area contributed by atoms with Gasteiger partial charge in [-0.1, -0.05) is 17.7 Å². The Morgan fingerprint density at radius 3 is 2.43 bits per heavy atom. The molecule has 0 radical (unpaired) electrons. The van der Waals surface area contributed by atoms with Crippen LogP contribution in [0.15, 0.2) is 18.2 Å². The summed E-state index contributed by atoms with van der Waals surface area (Å²) in [4.78, 5) is 25.1. The first-order valence-corrected chi connectivity index (χ1v) is 7.19. The Balaban J connectivity index is 2.45. The lowest BCUT2D eigenvalue weighted by Crippen LogP contribution is -2.41. The summed E-state index contributed by atoms with van der Waals surface area (Å²) in [5, 5.41) is 6.15. The lowest BCUT2D eigenvalue weighted by atomic mass is 10.2. The molecule has 21 heavy (non-hydrogen) atoms. The number of carbonyl (C=O) groups excluding carboxylic acids is 2. The zero-order valence-electron chi connectivity index (χ0n) is 12.9. The minimum atomic E-state index is -0.185. The highest BCUT2D eigenvalue weighted by atomic mass is 35.5. The number of nitrogens with one attached hydrogen (secondary N) is 2. The summed E-state index contributed by atoms with van der Waals surface area (Å²) >= 11 is 6.01. The average Bonchev–Trinajstić information content (AvgIpc) is 2.32. The molecule has 0 heterocycles. The summed E-state index contributed by atoms with van der Waals surface area (Å²) in [6.07, 6.45) is 0. The van der Waals surface area contributed by atoms with E-state index in [-0.39, 0.29) is 30.9 Å². The molecular formula is C15H22ClN3O2. The molecule has 1 aromatic rings. The highest BCUT2D eigenvalue weighted by molar-refractivity contribution is 6.31. The Bertz CT molecular complexity index is 518. The molecule has 0 aliphatic heterocycles. The Morgan fingerprint density at radius 1 is 1.24 bits per heavy atom. The van der Waals surface area contributed by atoms with Crippen LogP contribution in [0.5, 0.6) is 0 Å². The fourth-order valence-corrected chi connectivity index (χ4v) is 1.97. The van der Waals surface area contributed by atoms with Gasteiger partial charge in [-0.3, -0.25) is 14.5 Å². The predicted octanol–water partition coefficient (Wildman–Crippen LogP) is 2.04. The second-order valence-corrected chi connectivity index (χ2v) is 5.81. The third-order valence-electron chi connectivity index (χ3n) is 2.73. The minimum Gasteiger partial charge on any atom is -0.353 e. The van der Waals surface area contributed by atoms with Crippen molar-refractivity contribution in [3.63, 3.8) is 0 Å². The molecule has 0 aromatic heterocycles. The third-order valence-corrected chi connectivity index (χ3v) is 3.14. The molecule has 0 atom stereocenters. The molecule has 0 unspecified atom stereocenters. The summed E-state index contributed by atoms with van der Waals surface area (Å²) in [5.41, 5.74) is 1.60. The second-order valence-electron chi connectivity index (χ2n) is 5.41. The van der Waals surface area contributed by atoms with Crippen molar-refractivity contribution < 1.29 is 9.59 Å². The number of halogens is 1. The van der Waals surface area contributed by atoms with Crippen molar-refractivity contribution in [1.82, 2.24) is 10.2 Å². The van der Waals surface area contributed by atoms with E-state index in [2.05, 4.69) is 10.6 Å². The Morgan fingerprint density at radius 2 is 1.86 bits per heavy atom. The predicted molar refractivity (Wildman–Crippen MR) is 85.6 cm³/mol. The van der Waals surface area contributed by atoms with Gasteiger partial charge in [-0.25, -0.2) is 0 Å². The normalized spacial score (nSPS) is 10.8. The van der Waals surface area contributed by atoms with E-state index in [1.54, 1.807) is 24.1 Å². The van der Waals surface area contributed by atoms with E-state index < -0.39 is 0 Å². The zero-order valence-corrected chi connectivity index (χ0v) is 13.6. The van der Waals surface area contributed by atoms with Gasteiger partial charge in [-0.2, -0.15) is 0 Å². The van der Waals surface area contributed by atoms with E-state index in [9.17, 15) is 9.59 Å². The first-order valence-electron chi connectivity index (χ1n) is 6.82. The molecule has 0 saturated carbocycles. The Hall–Kier alpha value is -1.59. The van der Waals surface area contributed by atoms with Crippen molar-refractivity contribution in [2.75, 3.05) is 25.5 Å².